The molecule has 1 atom stereocenters. The van der Waals surface area contributed by atoms with E-state index >= 15 is 0 Å². The molecule has 1 aromatic heterocycles. The zero-order chi connectivity index (χ0) is 15.2. The fourth-order valence-electron chi connectivity index (χ4n) is 2.06. The Kier molecular flexibility index (Phi) is 5.11. The number of nitrogens with one attached hydrogen (secondary N) is 1. The van der Waals surface area contributed by atoms with E-state index in [1.165, 1.54) is 12.3 Å². The number of halogens is 1. The summed E-state index contributed by atoms with van der Waals surface area (Å²) < 4.78 is 23.6. The largest absolute Gasteiger partial charge is 0.493 e. The van der Waals surface area contributed by atoms with E-state index < -0.39 is 0 Å². The van der Waals surface area contributed by atoms with Gasteiger partial charge < -0.3 is 14.8 Å². The van der Waals surface area contributed by atoms with Crippen LogP contribution in [-0.2, 0) is 6.54 Å². The second-order valence-corrected chi connectivity index (χ2v) is 4.73. The van der Waals surface area contributed by atoms with E-state index in [1.54, 1.807) is 20.4 Å². The molecule has 2 rings (SSSR count). The average Bonchev–Trinajstić information content (AvgIpc) is 2.52. The van der Waals surface area contributed by atoms with Gasteiger partial charge in [-0.15, -0.1) is 0 Å². The van der Waals surface area contributed by atoms with Crippen molar-refractivity contribution >= 4 is 0 Å². The van der Waals surface area contributed by atoms with Gasteiger partial charge in [0.15, 0.2) is 11.5 Å². The summed E-state index contributed by atoms with van der Waals surface area (Å²) in [5.74, 6) is 1.06. The molecular weight excluding hydrogens is 271 g/mol. The number of aromatic nitrogens is 1. The van der Waals surface area contributed by atoms with Crippen LogP contribution >= 0.6 is 0 Å². The maximum Gasteiger partial charge on any atom is 0.161 e. The molecule has 1 aromatic carbocycles. The molecule has 0 spiro atoms. The summed E-state index contributed by atoms with van der Waals surface area (Å²) in [6, 6.07) is 7.34. The molecule has 112 valence electrons. The highest BCUT2D eigenvalue weighted by Crippen LogP contribution is 2.29. The molecule has 4 nitrogen and oxygen atoms in total. The van der Waals surface area contributed by atoms with Crippen molar-refractivity contribution in [2.45, 2.75) is 19.5 Å². The van der Waals surface area contributed by atoms with E-state index in [0.717, 1.165) is 11.1 Å². The second-order valence-electron chi connectivity index (χ2n) is 4.73. The molecule has 1 N–H and O–H groups in total. The predicted octanol–water partition coefficient (Wildman–Crippen LogP) is 3.09. The minimum Gasteiger partial charge on any atom is -0.493 e. The summed E-state index contributed by atoms with van der Waals surface area (Å²) in [5, 5.41) is 3.33. The number of rotatable bonds is 6. The molecule has 5 heteroatoms. The number of benzene rings is 1. The smallest absolute Gasteiger partial charge is 0.161 e. The number of methoxy groups -OCH3 is 2. The Labute approximate surface area is 123 Å². The van der Waals surface area contributed by atoms with Crippen LogP contribution < -0.4 is 14.8 Å². The molecule has 0 fully saturated rings. The van der Waals surface area contributed by atoms with Gasteiger partial charge >= 0.3 is 0 Å². The molecule has 0 amide bonds. The minimum absolute atomic E-state index is 0.0908. The molecule has 0 saturated carbocycles. The highest BCUT2D eigenvalue weighted by Gasteiger charge is 2.10. The Morgan fingerprint density at radius 1 is 1.14 bits per heavy atom. The van der Waals surface area contributed by atoms with Gasteiger partial charge in [-0.05, 0) is 36.2 Å². The van der Waals surface area contributed by atoms with Gasteiger partial charge in [-0.2, -0.15) is 0 Å². The second kappa shape index (κ2) is 7.04. The maximum absolute atomic E-state index is 13.1. The van der Waals surface area contributed by atoms with Gasteiger partial charge in [0.25, 0.3) is 0 Å². The zero-order valence-corrected chi connectivity index (χ0v) is 12.4. The highest BCUT2D eigenvalue weighted by atomic mass is 19.1. The van der Waals surface area contributed by atoms with Gasteiger partial charge in [0, 0.05) is 18.8 Å². The summed E-state index contributed by atoms with van der Waals surface area (Å²) in [7, 11) is 3.22. The van der Waals surface area contributed by atoms with E-state index in [9.17, 15) is 4.39 Å². The van der Waals surface area contributed by atoms with Crippen molar-refractivity contribution in [1.82, 2.24) is 10.3 Å². The summed E-state index contributed by atoms with van der Waals surface area (Å²) >= 11 is 0. The first-order chi connectivity index (χ1) is 10.1. The van der Waals surface area contributed by atoms with Gasteiger partial charge in [-0.25, -0.2) is 4.39 Å². The van der Waals surface area contributed by atoms with Crippen molar-refractivity contribution < 1.29 is 13.9 Å². The lowest BCUT2D eigenvalue weighted by atomic mass is 10.1. The van der Waals surface area contributed by atoms with E-state index in [2.05, 4.69) is 10.3 Å². The first-order valence-electron chi connectivity index (χ1n) is 6.68. The third kappa shape index (κ3) is 3.92. The number of hydrogen-bond donors (Lipinski definition) is 1. The van der Waals surface area contributed by atoms with Gasteiger partial charge in [-0.3, -0.25) is 4.98 Å². The quantitative estimate of drug-likeness (QED) is 0.888. The van der Waals surface area contributed by atoms with Crippen LogP contribution in [0.4, 0.5) is 4.39 Å². The summed E-state index contributed by atoms with van der Waals surface area (Å²) in [5.41, 5.74) is 1.87. The normalized spacial score (nSPS) is 12.0. The van der Waals surface area contributed by atoms with Crippen LogP contribution in [0.5, 0.6) is 11.5 Å². The molecule has 0 aliphatic carbocycles. The van der Waals surface area contributed by atoms with Gasteiger partial charge in [-0.1, -0.05) is 6.07 Å². The number of hydrogen-bond acceptors (Lipinski definition) is 4. The average molecular weight is 290 g/mol. The third-order valence-electron chi connectivity index (χ3n) is 3.28. The monoisotopic (exact) mass is 290 g/mol. The highest BCUT2D eigenvalue weighted by molar-refractivity contribution is 5.43. The molecular formula is C16H19FN2O2. The molecule has 0 aliphatic rings. The van der Waals surface area contributed by atoms with Crippen molar-refractivity contribution in [1.29, 1.82) is 0 Å². The number of nitrogens with zero attached hydrogens (tertiary/aromatic N) is 1. The Morgan fingerprint density at radius 3 is 2.57 bits per heavy atom. The SMILES string of the molecule is COc1ccc(C(C)NCc2cncc(F)c2)cc1OC. The van der Waals surface area contributed by atoms with Crippen LogP contribution in [-0.4, -0.2) is 19.2 Å². The van der Waals surface area contributed by atoms with Crippen molar-refractivity contribution in [3.8, 4) is 11.5 Å². The predicted molar refractivity (Wildman–Crippen MR) is 79.0 cm³/mol. The molecule has 0 bridgehead atoms. The molecule has 1 heterocycles. The van der Waals surface area contributed by atoms with Crippen molar-refractivity contribution in [3.05, 3.63) is 53.6 Å². The van der Waals surface area contributed by atoms with E-state index in [4.69, 9.17) is 9.47 Å². The van der Waals surface area contributed by atoms with Crippen molar-refractivity contribution in [2.24, 2.45) is 0 Å². The Morgan fingerprint density at radius 2 is 1.90 bits per heavy atom. The lowest BCUT2D eigenvalue weighted by molar-refractivity contribution is 0.354. The number of pyridine rings is 1. The van der Waals surface area contributed by atoms with Crippen LogP contribution in [0.25, 0.3) is 0 Å². The van der Waals surface area contributed by atoms with E-state index in [0.29, 0.717) is 18.0 Å². The van der Waals surface area contributed by atoms with Gasteiger partial charge in [0.2, 0.25) is 0 Å². The minimum atomic E-state index is -0.326. The summed E-state index contributed by atoms with van der Waals surface area (Å²) in [4.78, 5) is 3.83. The molecule has 0 aliphatic heterocycles. The third-order valence-corrected chi connectivity index (χ3v) is 3.28. The molecule has 21 heavy (non-hydrogen) atoms. The van der Waals surface area contributed by atoms with Crippen LogP contribution in [0.3, 0.4) is 0 Å². The standard InChI is InChI=1S/C16H19FN2O2/c1-11(19-9-12-6-14(17)10-18-8-12)13-4-5-15(20-2)16(7-13)21-3/h4-8,10-11,19H,9H2,1-3H3. The fourth-order valence-corrected chi connectivity index (χ4v) is 2.06. The van der Waals surface area contributed by atoms with Gasteiger partial charge in [0.05, 0.1) is 20.4 Å². The molecule has 1 unspecified atom stereocenters. The molecule has 2 aromatic rings. The fraction of sp³-hybridized carbons (Fsp3) is 0.312. The first kappa shape index (κ1) is 15.3. The Hall–Kier alpha value is -2.14. The zero-order valence-electron chi connectivity index (χ0n) is 12.4. The molecule has 0 saturated heterocycles. The van der Waals surface area contributed by atoms with Crippen LogP contribution in [0.2, 0.25) is 0 Å². The van der Waals surface area contributed by atoms with Crippen molar-refractivity contribution in [2.75, 3.05) is 14.2 Å². The Bertz CT molecular complexity index is 605. The van der Waals surface area contributed by atoms with Crippen LogP contribution in [0, 0.1) is 5.82 Å². The lowest BCUT2D eigenvalue weighted by Crippen LogP contribution is -2.18. The van der Waals surface area contributed by atoms with Gasteiger partial charge in [0.1, 0.15) is 5.82 Å². The topological polar surface area (TPSA) is 43.4 Å². The van der Waals surface area contributed by atoms with Crippen LogP contribution in [0.1, 0.15) is 24.1 Å². The van der Waals surface area contributed by atoms with Crippen LogP contribution in [0.15, 0.2) is 36.7 Å². The Balaban J connectivity index is 2.04. The maximum atomic E-state index is 13.1. The summed E-state index contributed by atoms with van der Waals surface area (Å²) in [6.07, 6.45) is 2.85. The van der Waals surface area contributed by atoms with E-state index in [1.807, 2.05) is 25.1 Å². The molecule has 0 radical (unpaired) electrons. The number of ether oxygens (including phenoxy) is 2. The van der Waals surface area contributed by atoms with Crippen molar-refractivity contribution in [3.63, 3.8) is 0 Å². The summed E-state index contributed by atoms with van der Waals surface area (Å²) in [6.45, 7) is 2.58. The van der Waals surface area contributed by atoms with E-state index in [-0.39, 0.29) is 11.9 Å². The first-order valence-corrected chi connectivity index (χ1v) is 6.68. The lowest BCUT2D eigenvalue weighted by Gasteiger charge is -2.16.